The normalized spacial score (nSPS) is 16.5. The molecule has 0 radical (unpaired) electrons. The van der Waals surface area contributed by atoms with Gasteiger partial charge < -0.3 is 10.8 Å². The van der Waals surface area contributed by atoms with E-state index in [2.05, 4.69) is 37.3 Å². The number of rotatable bonds is 8. The Kier molecular flexibility index (Phi) is 7.61. The van der Waals surface area contributed by atoms with E-state index in [1.807, 2.05) is 19.1 Å². The van der Waals surface area contributed by atoms with Crippen molar-refractivity contribution in [3.8, 4) is 0 Å². The summed E-state index contributed by atoms with van der Waals surface area (Å²) in [5.41, 5.74) is 8.31. The zero-order valence-electron chi connectivity index (χ0n) is 13.7. The van der Waals surface area contributed by atoms with Crippen LogP contribution in [0.5, 0.6) is 0 Å². The van der Waals surface area contributed by atoms with Crippen molar-refractivity contribution in [2.45, 2.75) is 39.7 Å². The van der Waals surface area contributed by atoms with Gasteiger partial charge in [-0.25, -0.2) is 0 Å². The first kappa shape index (κ1) is 18.2. The lowest BCUT2D eigenvalue weighted by molar-refractivity contribution is -0.141. The number of carboxylic acid groups (broad SMARTS) is 1. The molecule has 0 heterocycles. The Labute approximate surface area is 133 Å². The molecule has 0 unspecified atom stereocenters. The summed E-state index contributed by atoms with van der Waals surface area (Å²) in [6.07, 6.45) is 8.05. The zero-order chi connectivity index (χ0) is 16.5. The van der Waals surface area contributed by atoms with E-state index in [1.165, 1.54) is 5.56 Å². The largest absolute Gasteiger partial charge is 0.481 e. The van der Waals surface area contributed by atoms with Crippen LogP contribution >= 0.6 is 0 Å². The second kappa shape index (κ2) is 9.21. The molecular formula is C19H27NO2. The highest BCUT2D eigenvalue weighted by Gasteiger charge is 2.16. The molecule has 0 aliphatic rings. The van der Waals surface area contributed by atoms with Crippen LogP contribution in [0.25, 0.3) is 0 Å². The highest BCUT2D eigenvalue weighted by molar-refractivity contribution is 5.70. The third-order valence-corrected chi connectivity index (χ3v) is 3.83. The van der Waals surface area contributed by atoms with E-state index >= 15 is 0 Å². The van der Waals surface area contributed by atoms with E-state index in [0.717, 1.165) is 18.4 Å². The molecule has 0 fully saturated rings. The summed E-state index contributed by atoms with van der Waals surface area (Å²) in [5.74, 6) is -0.965. The van der Waals surface area contributed by atoms with E-state index in [1.54, 1.807) is 13.0 Å². The number of aliphatic carboxylic acids is 1. The molecule has 120 valence electrons. The van der Waals surface area contributed by atoms with Crippen molar-refractivity contribution < 1.29 is 9.90 Å². The van der Waals surface area contributed by atoms with Gasteiger partial charge in [-0.15, -0.1) is 0 Å². The molecule has 0 aromatic heterocycles. The maximum Gasteiger partial charge on any atom is 0.308 e. The van der Waals surface area contributed by atoms with Crippen LogP contribution < -0.4 is 5.73 Å². The monoisotopic (exact) mass is 301 g/mol. The molecule has 0 saturated heterocycles. The van der Waals surface area contributed by atoms with Gasteiger partial charge >= 0.3 is 5.97 Å². The van der Waals surface area contributed by atoms with Crippen molar-refractivity contribution in [3.63, 3.8) is 0 Å². The van der Waals surface area contributed by atoms with Crippen LogP contribution in [0.1, 0.15) is 32.8 Å². The lowest BCUT2D eigenvalue weighted by Crippen LogP contribution is -2.31. The van der Waals surface area contributed by atoms with Gasteiger partial charge in [0.15, 0.2) is 0 Å². The SMILES string of the molecule is CC(/C=C/[C@H](N)[C@H](C)C(=O)O)=C\[C@@H](C)CCc1ccccc1. The molecule has 0 aliphatic carbocycles. The van der Waals surface area contributed by atoms with E-state index in [9.17, 15) is 4.79 Å². The molecule has 1 aromatic carbocycles. The summed E-state index contributed by atoms with van der Waals surface area (Å²) in [5, 5.41) is 8.91. The number of nitrogens with two attached hydrogens (primary N) is 1. The van der Waals surface area contributed by atoms with E-state index < -0.39 is 17.9 Å². The number of hydrogen-bond donors (Lipinski definition) is 2. The van der Waals surface area contributed by atoms with Gasteiger partial charge in [-0.3, -0.25) is 4.79 Å². The molecule has 0 bridgehead atoms. The third kappa shape index (κ3) is 6.72. The minimum absolute atomic E-state index is 0.458. The minimum atomic E-state index is -0.866. The van der Waals surface area contributed by atoms with Gasteiger partial charge in [-0.2, -0.15) is 0 Å². The first-order chi connectivity index (χ1) is 10.4. The zero-order valence-corrected chi connectivity index (χ0v) is 13.7. The highest BCUT2D eigenvalue weighted by Crippen LogP contribution is 2.13. The second-order valence-corrected chi connectivity index (χ2v) is 5.98. The Hall–Kier alpha value is -1.87. The van der Waals surface area contributed by atoms with Crippen LogP contribution in [0, 0.1) is 11.8 Å². The molecule has 3 N–H and O–H groups in total. The fourth-order valence-corrected chi connectivity index (χ4v) is 2.22. The summed E-state index contributed by atoms with van der Waals surface area (Å²) in [4.78, 5) is 10.9. The number of hydrogen-bond acceptors (Lipinski definition) is 2. The van der Waals surface area contributed by atoms with Crippen molar-refractivity contribution in [3.05, 3.63) is 59.7 Å². The molecular weight excluding hydrogens is 274 g/mol. The van der Waals surface area contributed by atoms with Crippen LogP contribution in [0.15, 0.2) is 54.1 Å². The molecule has 0 aliphatic heterocycles. The Morgan fingerprint density at radius 2 is 1.91 bits per heavy atom. The Balaban J connectivity index is 2.48. The summed E-state index contributed by atoms with van der Waals surface area (Å²) in [6, 6.07) is 10.00. The topological polar surface area (TPSA) is 63.3 Å². The number of benzene rings is 1. The molecule has 22 heavy (non-hydrogen) atoms. The van der Waals surface area contributed by atoms with Gasteiger partial charge in [0, 0.05) is 6.04 Å². The van der Waals surface area contributed by atoms with Gasteiger partial charge in [0.1, 0.15) is 0 Å². The van der Waals surface area contributed by atoms with Crippen molar-refractivity contribution in [1.29, 1.82) is 0 Å². The van der Waals surface area contributed by atoms with Crippen molar-refractivity contribution in [2.24, 2.45) is 17.6 Å². The molecule has 0 saturated carbocycles. The second-order valence-electron chi connectivity index (χ2n) is 5.98. The van der Waals surface area contributed by atoms with Crippen LogP contribution in [-0.4, -0.2) is 17.1 Å². The number of carboxylic acids is 1. The van der Waals surface area contributed by atoms with Crippen LogP contribution in [0.4, 0.5) is 0 Å². The predicted octanol–water partition coefficient (Wildman–Crippen LogP) is 3.81. The number of allylic oxidation sites excluding steroid dienone is 3. The average molecular weight is 301 g/mol. The Morgan fingerprint density at radius 3 is 2.50 bits per heavy atom. The van der Waals surface area contributed by atoms with Gasteiger partial charge in [-0.05, 0) is 31.2 Å². The van der Waals surface area contributed by atoms with Gasteiger partial charge in [-0.1, -0.05) is 68.0 Å². The van der Waals surface area contributed by atoms with E-state index in [0.29, 0.717) is 5.92 Å². The van der Waals surface area contributed by atoms with Gasteiger partial charge in [0.05, 0.1) is 5.92 Å². The van der Waals surface area contributed by atoms with Crippen LogP contribution in [0.3, 0.4) is 0 Å². The van der Waals surface area contributed by atoms with E-state index in [4.69, 9.17) is 10.8 Å². The van der Waals surface area contributed by atoms with Crippen LogP contribution in [-0.2, 0) is 11.2 Å². The van der Waals surface area contributed by atoms with Crippen molar-refractivity contribution in [2.75, 3.05) is 0 Å². The maximum absolute atomic E-state index is 10.9. The molecule has 1 rings (SSSR count). The third-order valence-electron chi connectivity index (χ3n) is 3.83. The lowest BCUT2D eigenvalue weighted by atomic mass is 9.98. The first-order valence-electron chi connectivity index (χ1n) is 7.79. The van der Waals surface area contributed by atoms with E-state index in [-0.39, 0.29) is 0 Å². The van der Waals surface area contributed by atoms with Gasteiger partial charge in [0.2, 0.25) is 0 Å². The standard InChI is InChI=1S/C19H27NO2/c1-14(9-11-17-7-5-4-6-8-17)13-15(2)10-12-18(20)16(3)19(21)22/h4-8,10,12-14,16,18H,9,11,20H2,1-3H3,(H,21,22)/b12-10+,15-13+/t14-,16-,18-/m0/s1. The van der Waals surface area contributed by atoms with Crippen molar-refractivity contribution >= 4 is 5.97 Å². The first-order valence-corrected chi connectivity index (χ1v) is 7.79. The highest BCUT2D eigenvalue weighted by atomic mass is 16.4. The minimum Gasteiger partial charge on any atom is -0.481 e. The summed E-state index contributed by atoms with van der Waals surface area (Å²) in [6.45, 7) is 5.84. The summed E-state index contributed by atoms with van der Waals surface area (Å²) >= 11 is 0. The average Bonchev–Trinajstić information content (AvgIpc) is 2.50. The van der Waals surface area contributed by atoms with Crippen molar-refractivity contribution in [1.82, 2.24) is 0 Å². The molecule has 0 spiro atoms. The fraction of sp³-hybridized carbons (Fsp3) is 0.421. The molecule has 3 heteroatoms. The summed E-state index contributed by atoms with van der Waals surface area (Å²) in [7, 11) is 0. The smallest absolute Gasteiger partial charge is 0.308 e. The predicted molar refractivity (Wildman–Crippen MR) is 91.6 cm³/mol. The number of carbonyl (C=O) groups is 1. The van der Waals surface area contributed by atoms with Gasteiger partial charge in [0.25, 0.3) is 0 Å². The van der Waals surface area contributed by atoms with Crippen LogP contribution in [0.2, 0.25) is 0 Å². The summed E-state index contributed by atoms with van der Waals surface area (Å²) < 4.78 is 0. The fourth-order valence-electron chi connectivity index (χ4n) is 2.22. The molecule has 3 atom stereocenters. The quantitative estimate of drug-likeness (QED) is 0.718. The molecule has 0 amide bonds. The number of aryl methyl sites for hydroxylation is 1. The molecule has 1 aromatic rings. The molecule has 3 nitrogen and oxygen atoms in total. The maximum atomic E-state index is 10.9. The lowest BCUT2D eigenvalue weighted by Gasteiger charge is -2.11. The Morgan fingerprint density at radius 1 is 1.27 bits per heavy atom. The Bertz CT molecular complexity index is 519.